The number of rotatable bonds is 3. The van der Waals surface area contributed by atoms with Crippen LogP contribution in [0.25, 0.3) is 10.7 Å². The molecule has 5 nitrogen and oxygen atoms in total. The van der Waals surface area contributed by atoms with Crippen molar-refractivity contribution in [1.82, 2.24) is 20.2 Å². The molecule has 0 radical (unpaired) electrons. The van der Waals surface area contributed by atoms with E-state index in [1.165, 1.54) is 11.3 Å². The standard InChI is InChI=1S/C16H20N4OS.2ClH/c1-11-14(16(21)20-9-5-6-12(10-20)17-2)22-15(19-11)13-7-3-4-8-18-13;;/h3-4,7-8,12,17H,5-6,9-10H2,1-2H3;2*1H. The Balaban J connectivity index is 0.00000144. The highest BCUT2D eigenvalue weighted by Gasteiger charge is 2.26. The van der Waals surface area contributed by atoms with Crippen LogP contribution in [0.15, 0.2) is 24.4 Å². The van der Waals surface area contributed by atoms with Crippen molar-refractivity contribution in [1.29, 1.82) is 0 Å². The van der Waals surface area contributed by atoms with Crippen molar-refractivity contribution in [2.24, 2.45) is 0 Å². The summed E-state index contributed by atoms with van der Waals surface area (Å²) in [6, 6.07) is 6.12. The molecule has 3 rings (SSSR count). The summed E-state index contributed by atoms with van der Waals surface area (Å²) in [5, 5.41) is 4.08. The Morgan fingerprint density at radius 2 is 2.17 bits per heavy atom. The zero-order valence-corrected chi connectivity index (χ0v) is 16.1. The number of piperidine rings is 1. The predicted octanol–water partition coefficient (Wildman–Crippen LogP) is 3.18. The molecular formula is C16H22Cl2N4OS. The van der Waals surface area contributed by atoms with Gasteiger partial charge in [0.25, 0.3) is 5.91 Å². The molecule has 0 aromatic carbocycles. The van der Waals surface area contributed by atoms with Crippen LogP contribution in [0.2, 0.25) is 0 Å². The number of amides is 1. The Hall–Kier alpha value is -1.21. The van der Waals surface area contributed by atoms with Crippen LogP contribution < -0.4 is 5.32 Å². The minimum atomic E-state index is 0. The molecule has 1 amide bonds. The number of nitrogens with one attached hydrogen (secondary N) is 1. The molecule has 0 spiro atoms. The summed E-state index contributed by atoms with van der Waals surface area (Å²) in [5.41, 5.74) is 1.61. The maximum atomic E-state index is 12.8. The molecule has 0 aliphatic carbocycles. The number of carbonyl (C=O) groups excluding carboxylic acids is 1. The van der Waals surface area contributed by atoms with Gasteiger partial charge in [0, 0.05) is 25.3 Å². The number of halogens is 2. The van der Waals surface area contributed by atoms with Gasteiger partial charge in [-0.25, -0.2) is 4.98 Å². The van der Waals surface area contributed by atoms with Crippen LogP contribution in [0, 0.1) is 6.92 Å². The van der Waals surface area contributed by atoms with Crippen molar-refractivity contribution in [2.45, 2.75) is 25.8 Å². The maximum Gasteiger partial charge on any atom is 0.265 e. The predicted molar refractivity (Wildman–Crippen MR) is 103 cm³/mol. The quantitative estimate of drug-likeness (QED) is 0.876. The third kappa shape index (κ3) is 4.45. The Morgan fingerprint density at radius 1 is 1.38 bits per heavy atom. The number of aromatic nitrogens is 2. The fourth-order valence-corrected chi connectivity index (χ4v) is 3.75. The van der Waals surface area contributed by atoms with Crippen LogP contribution >= 0.6 is 36.2 Å². The van der Waals surface area contributed by atoms with Gasteiger partial charge in [-0.15, -0.1) is 36.2 Å². The van der Waals surface area contributed by atoms with E-state index < -0.39 is 0 Å². The molecule has 1 aliphatic rings. The molecule has 1 atom stereocenters. The van der Waals surface area contributed by atoms with Crippen molar-refractivity contribution >= 4 is 42.1 Å². The minimum Gasteiger partial charge on any atom is -0.336 e. The van der Waals surface area contributed by atoms with Gasteiger partial charge < -0.3 is 10.2 Å². The molecule has 2 aromatic heterocycles. The lowest BCUT2D eigenvalue weighted by Gasteiger charge is -2.32. The van der Waals surface area contributed by atoms with Gasteiger partial charge in [0.05, 0.1) is 11.4 Å². The Labute approximate surface area is 158 Å². The number of hydrogen-bond donors (Lipinski definition) is 1. The van der Waals surface area contributed by atoms with Crippen molar-refractivity contribution in [2.75, 3.05) is 20.1 Å². The molecule has 0 saturated carbocycles. The summed E-state index contributed by atoms with van der Waals surface area (Å²) >= 11 is 1.44. The third-order valence-electron chi connectivity index (χ3n) is 3.99. The number of hydrogen-bond acceptors (Lipinski definition) is 5. The van der Waals surface area contributed by atoms with Crippen LogP contribution in [0.4, 0.5) is 0 Å². The van der Waals surface area contributed by atoms with Gasteiger partial charge in [0.15, 0.2) is 0 Å². The normalized spacial score (nSPS) is 16.9. The summed E-state index contributed by atoms with van der Waals surface area (Å²) in [6.07, 6.45) is 3.92. The van der Waals surface area contributed by atoms with Crippen LogP contribution in [-0.2, 0) is 0 Å². The van der Waals surface area contributed by atoms with Crippen LogP contribution in [0.5, 0.6) is 0 Å². The molecule has 24 heavy (non-hydrogen) atoms. The van der Waals surface area contributed by atoms with Gasteiger partial charge in [-0.2, -0.15) is 0 Å². The Kier molecular flexibility index (Phi) is 8.09. The van der Waals surface area contributed by atoms with Crippen LogP contribution in [0.1, 0.15) is 28.2 Å². The average molecular weight is 389 g/mol. The lowest BCUT2D eigenvalue weighted by molar-refractivity contribution is 0.0702. The first kappa shape index (κ1) is 20.8. The lowest BCUT2D eigenvalue weighted by Crippen LogP contribution is -2.46. The number of nitrogens with zero attached hydrogens (tertiary/aromatic N) is 3. The van der Waals surface area contributed by atoms with E-state index in [4.69, 9.17) is 0 Å². The molecule has 0 bridgehead atoms. The summed E-state index contributed by atoms with van der Waals surface area (Å²) in [4.78, 5) is 24.3. The van der Waals surface area contributed by atoms with Crippen molar-refractivity contribution in [3.05, 3.63) is 35.0 Å². The average Bonchev–Trinajstić information content (AvgIpc) is 2.97. The van der Waals surface area contributed by atoms with E-state index in [9.17, 15) is 4.79 Å². The van der Waals surface area contributed by atoms with Crippen LogP contribution in [-0.4, -0.2) is 47.0 Å². The molecule has 1 unspecified atom stereocenters. The molecule has 1 N–H and O–H groups in total. The monoisotopic (exact) mass is 388 g/mol. The van der Waals surface area contributed by atoms with Crippen molar-refractivity contribution < 1.29 is 4.79 Å². The summed E-state index contributed by atoms with van der Waals surface area (Å²) < 4.78 is 0. The highest BCUT2D eigenvalue weighted by molar-refractivity contribution is 7.17. The third-order valence-corrected chi connectivity index (χ3v) is 5.16. The molecule has 1 saturated heterocycles. The summed E-state index contributed by atoms with van der Waals surface area (Å²) in [7, 11) is 1.95. The molecule has 2 aromatic rings. The van der Waals surface area contributed by atoms with Gasteiger partial charge in [-0.1, -0.05) is 6.07 Å². The van der Waals surface area contributed by atoms with E-state index in [-0.39, 0.29) is 30.7 Å². The van der Waals surface area contributed by atoms with Gasteiger partial charge in [0.2, 0.25) is 0 Å². The second kappa shape index (κ2) is 9.32. The molecule has 8 heteroatoms. The number of pyridine rings is 1. The number of likely N-dealkylation sites (tertiary alicyclic amines) is 1. The van der Waals surface area contributed by atoms with Crippen molar-refractivity contribution in [3.63, 3.8) is 0 Å². The van der Waals surface area contributed by atoms with Crippen molar-refractivity contribution in [3.8, 4) is 10.7 Å². The minimum absolute atomic E-state index is 0. The SMILES string of the molecule is CNC1CCCN(C(=O)c2sc(-c3ccccn3)nc2C)C1.Cl.Cl. The molecular weight excluding hydrogens is 367 g/mol. The molecule has 132 valence electrons. The Bertz CT molecular complexity index is 665. The first-order valence-corrected chi connectivity index (χ1v) is 8.36. The second-order valence-electron chi connectivity index (χ2n) is 5.53. The Morgan fingerprint density at radius 3 is 2.83 bits per heavy atom. The molecule has 1 aliphatic heterocycles. The fraction of sp³-hybridized carbons (Fsp3) is 0.438. The number of aryl methyl sites for hydroxylation is 1. The number of likely N-dealkylation sites (N-methyl/N-ethyl adjacent to an activating group) is 1. The first-order valence-electron chi connectivity index (χ1n) is 7.54. The largest absolute Gasteiger partial charge is 0.336 e. The topological polar surface area (TPSA) is 58.1 Å². The van der Waals surface area contributed by atoms with E-state index in [1.54, 1.807) is 6.20 Å². The second-order valence-corrected chi connectivity index (χ2v) is 6.53. The zero-order chi connectivity index (χ0) is 15.5. The van der Waals surface area contributed by atoms with Gasteiger partial charge in [-0.05, 0) is 38.9 Å². The summed E-state index contributed by atoms with van der Waals surface area (Å²) in [6.45, 7) is 3.49. The lowest BCUT2D eigenvalue weighted by atomic mass is 10.1. The number of thiazole rings is 1. The zero-order valence-electron chi connectivity index (χ0n) is 13.7. The van der Waals surface area contributed by atoms with Gasteiger partial charge >= 0.3 is 0 Å². The maximum absolute atomic E-state index is 12.8. The fourth-order valence-electron chi connectivity index (χ4n) is 2.73. The van der Waals surface area contributed by atoms with E-state index >= 15 is 0 Å². The highest BCUT2D eigenvalue weighted by atomic mass is 35.5. The van der Waals surface area contributed by atoms with E-state index in [1.807, 2.05) is 37.1 Å². The van der Waals surface area contributed by atoms with E-state index in [0.29, 0.717) is 6.04 Å². The number of carbonyl (C=O) groups is 1. The molecule has 1 fully saturated rings. The van der Waals surface area contributed by atoms with Crippen LogP contribution in [0.3, 0.4) is 0 Å². The van der Waals surface area contributed by atoms with E-state index in [0.717, 1.165) is 47.2 Å². The summed E-state index contributed by atoms with van der Waals surface area (Å²) in [5.74, 6) is 0.0946. The van der Waals surface area contributed by atoms with E-state index in [2.05, 4.69) is 15.3 Å². The van der Waals surface area contributed by atoms with Gasteiger partial charge in [-0.3, -0.25) is 9.78 Å². The smallest absolute Gasteiger partial charge is 0.265 e. The highest BCUT2D eigenvalue weighted by Crippen LogP contribution is 2.28. The van der Waals surface area contributed by atoms with Gasteiger partial charge in [0.1, 0.15) is 9.88 Å². The molecule has 3 heterocycles. The first-order chi connectivity index (χ1) is 10.7.